The van der Waals surface area contributed by atoms with E-state index in [4.69, 9.17) is 0 Å². The second-order valence-corrected chi connectivity index (χ2v) is 3.67. The van der Waals surface area contributed by atoms with Crippen LogP contribution in [-0.2, 0) is 9.59 Å². The number of hydrogen-bond donors (Lipinski definition) is 2. The molecule has 0 radical (unpaired) electrons. The molecule has 1 aromatic rings. The third-order valence-corrected chi connectivity index (χ3v) is 2.43. The van der Waals surface area contributed by atoms with Gasteiger partial charge in [-0.3, -0.25) is 20.2 Å². The lowest BCUT2D eigenvalue weighted by molar-refractivity contribution is -0.123. The van der Waals surface area contributed by atoms with Crippen LogP contribution in [0.15, 0.2) is 36.4 Å². The Kier molecular flexibility index (Phi) is 3.05. The molecule has 0 aromatic heterocycles. The van der Waals surface area contributed by atoms with Crippen molar-refractivity contribution in [2.75, 3.05) is 0 Å². The highest BCUT2D eigenvalue weighted by molar-refractivity contribution is 6.31. The Morgan fingerprint density at radius 1 is 0.889 bits per heavy atom. The maximum absolute atomic E-state index is 11.5. The number of hydrogen-bond acceptors (Lipinski definition) is 3. The van der Waals surface area contributed by atoms with Gasteiger partial charge in [0.25, 0.3) is 11.8 Å². The highest BCUT2D eigenvalue weighted by atomic mass is 16.2. The summed E-state index contributed by atoms with van der Waals surface area (Å²) in [5.41, 5.74) is 1.53. The number of barbiturate groups is 1. The monoisotopic (exact) mass is 242 g/mol. The molecule has 5 heteroatoms. The van der Waals surface area contributed by atoms with Crippen LogP contribution in [0.1, 0.15) is 11.1 Å². The van der Waals surface area contributed by atoms with Gasteiger partial charge >= 0.3 is 6.03 Å². The van der Waals surface area contributed by atoms with Crippen LogP contribution in [0, 0.1) is 0 Å². The quantitative estimate of drug-likeness (QED) is 0.602. The lowest BCUT2D eigenvalue weighted by atomic mass is 10.1. The van der Waals surface area contributed by atoms with Crippen molar-refractivity contribution in [1.82, 2.24) is 10.6 Å². The van der Waals surface area contributed by atoms with Gasteiger partial charge in [0.15, 0.2) is 0 Å². The topological polar surface area (TPSA) is 75.3 Å². The van der Waals surface area contributed by atoms with E-state index < -0.39 is 17.8 Å². The highest BCUT2D eigenvalue weighted by Crippen LogP contribution is 2.11. The molecule has 1 heterocycles. The summed E-state index contributed by atoms with van der Waals surface area (Å²) < 4.78 is 0. The molecule has 0 unspecified atom stereocenters. The Morgan fingerprint density at radius 3 is 1.89 bits per heavy atom. The zero-order chi connectivity index (χ0) is 13.1. The molecule has 90 valence electrons. The SMILES string of the molecule is C=Cc1ccc(C=C2C(=O)NC(=O)NC2=O)cc1. The van der Waals surface area contributed by atoms with Gasteiger partial charge in [0.2, 0.25) is 0 Å². The zero-order valence-corrected chi connectivity index (χ0v) is 9.40. The van der Waals surface area contributed by atoms with Crippen LogP contribution in [0.2, 0.25) is 0 Å². The van der Waals surface area contributed by atoms with Gasteiger partial charge < -0.3 is 0 Å². The first-order valence-corrected chi connectivity index (χ1v) is 5.21. The first kappa shape index (κ1) is 11.8. The van der Waals surface area contributed by atoms with Crippen LogP contribution in [-0.4, -0.2) is 17.8 Å². The van der Waals surface area contributed by atoms with Gasteiger partial charge in [-0.2, -0.15) is 0 Å². The number of nitrogens with one attached hydrogen (secondary N) is 2. The lowest BCUT2D eigenvalue weighted by Crippen LogP contribution is -2.51. The van der Waals surface area contributed by atoms with Crippen LogP contribution in [0.5, 0.6) is 0 Å². The molecule has 4 amide bonds. The molecule has 1 saturated heterocycles. The maximum atomic E-state index is 11.5. The zero-order valence-electron chi connectivity index (χ0n) is 9.40. The van der Waals surface area contributed by atoms with Crippen molar-refractivity contribution in [3.05, 3.63) is 47.5 Å². The summed E-state index contributed by atoms with van der Waals surface area (Å²) in [6.07, 6.45) is 3.11. The molecule has 0 bridgehead atoms. The standard InChI is InChI=1S/C13H10N2O3/c1-2-8-3-5-9(6-4-8)7-10-11(16)14-13(18)15-12(10)17/h2-7H,1H2,(H2,14,15,16,17,18). The fourth-order valence-electron chi connectivity index (χ4n) is 1.50. The Balaban J connectivity index is 2.31. The molecular weight excluding hydrogens is 232 g/mol. The molecule has 5 nitrogen and oxygen atoms in total. The van der Waals surface area contributed by atoms with E-state index in [9.17, 15) is 14.4 Å². The third kappa shape index (κ3) is 2.35. The Labute approximate surface area is 103 Å². The van der Waals surface area contributed by atoms with E-state index in [1.165, 1.54) is 6.08 Å². The molecule has 1 fully saturated rings. The maximum Gasteiger partial charge on any atom is 0.328 e. The van der Waals surface area contributed by atoms with E-state index in [0.29, 0.717) is 5.56 Å². The van der Waals surface area contributed by atoms with Crippen molar-refractivity contribution in [1.29, 1.82) is 0 Å². The molecule has 0 atom stereocenters. The molecule has 0 spiro atoms. The third-order valence-electron chi connectivity index (χ3n) is 2.43. The van der Waals surface area contributed by atoms with Crippen LogP contribution in [0.25, 0.3) is 12.2 Å². The fraction of sp³-hybridized carbons (Fsp3) is 0. The number of benzene rings is 1. The summed E-state index contributed by atoms with van der Waals surface area (Å²) in [7, 11) is 0. The van der Waals surface area contributed by atoms with Crippen LogP contribution < -0.4 is 10.6 Å². The van der Waals surface area contributed by atoms with Crippen molar-refractivity contribution < 1.29 is 14.4 Å². The largest absolute Gasteiger partial charge is 0.328 e. The number of imide groups is 2. The summed E-state index contributed by atoms with van der Waals surface area (Å²) in [5, 5.41) is 4.02. The summed E-state index contributed by atoms with van der Waals surface area (Å²) in [6.45, 7) is 3.63. The van der Waals surface area contributed by atoms with Crippen molar-refractivity contribution in [3.8, 4) is 0 Å². The minimum Gasteiger partial charge on any atom is -0.273 e. The van der Waals surface area contributed by atoms with E-state index in [1.54, 1.807) is 18.2 Å². The molecule has 1 aliphatic rings. The molecule has 0 saturated carbocycles. The molecule has 2 N–H and O–H groups in total. The number of amides is 4. The normalized spacial score (nSPS) is 14.9. The van der Waals surface area contributed by atoms with Gasteiger partial charge in [0.1, 0.15) is 5.57 Å². The fourth-order valence-corrected chi connectivity index (χ4v) is 1.50. The lowest BCUT2D eigenvalue weighted by Gasteiger charge is -2.13. The summed E-state index contributed by atoms with van der Waals surface area (Å²) in [5.74, 6) is -1.40. The first-order chi connectivity index (χ1) is 8.60. The number of carbonyl (C=O) groups excluding carboxylic acids is 3. The highest BCUT2D eigenvalue weighted by Gasteiger charge is 2.27. The van der Waals surface area contributed by atoms with Gasteiger partial charge in [0.05, 0.1) is 0 Å². The van der Waals surface area contributed by atoms with E-state index in [0.717, 1.165) is 5.56 Å². The molecular formula is C13H10N2O3. The minimum atomic E-state index is -0.802. The van der Waals surface area contributed by atoms with E-state index in [2.05, 4.69) is 6.58 Å². The average molecular weight is 242 g/mol. The van der Waals surface area contributed by atoms with Crippen molar-refractivity contribution in [2.45, 2.75) is 0 Å². The molecule has 18 heavy (non-hydrogen) atoms. The smallest absolute Gasteiger partial charge is 0.273 e. The van der Waals surface area contributed by atoms with Gasteiger partial charge in [-0.1, -0.05) is 36.9 Å². The molecule has 0 aliphatic carbocycles. The van der Waals surface area contributed by atoms with Crippen molar-refractivity contribution >= 4 is 30.0 Å². The average Bonchev–Trinajstić information content (AvgIpc) is 2.34. The summed E-state index contributed by atoms with van der Waals surface area (Å²) in [4.78, 5) is 33.8. The van der Waals surface area contributed by atoms with E-state index >= 15 is 0 Å². The number of urea groups is 1. The molecule has 1 aliphatic heterocycles. The predicted molar refractivity (Wildman–Crippen MR) is 66.2 cm³/mol. The van der Waals surface area contributed by atoms with Gasteiger partial charge in [-0.25, -0.2) is 4.79 Å². The van der Waals surface area contributed by atoms with Gasteiger partial charge in [0, 0.05) is 0 Å². The Bertz CT molecular complexity index is 548. The van der Waals surface area contributed by atoms with Gasteiger partial charge in [-0.15, -0.1) is 0 Å². The van der Waals surface area contributed by atoms with Crippen LogP contribution >= 0.6 is 0 Å². The Morgan fingerprint density at radius 2 is 1.39 bits per heavy atom. The number of rotatable bonds is 2. The van der Waals surface area contributed by atoms with Crippen molar-refractivity contribution in [2.24, 2.45) is 0 Å². The summed E-state index contributed by atoms with van der Waals surface area (Å²) >= 11 is 0. The second-order valence-electron chi connectivity index (χ2n) is 3.67. The first-order valence-electron chi connectivity index (χ1n) is 5.21. The minimum absolute atomic E-state index is 0.0963. The van der Waals surface area contributed by atoms with E-state index in [-0.39, 0.29) is 5.57 Å². The van der Waals surface area contributed by atoms with E-state index in [1.807, 2.05) is 22.8 Å². The second kappa shape index (κ2) is 4.67. The summed E-state index contributed by atoms with van der Waals surface area (Å²) in [6, 6.07) is 6.32. The molecule has 1 aromatic carbocycles. The Hall–Kier alpha value is -2.69. The van der Waals surface area contributed by atoms with Crippen LogP contribution in [0.4, 0.5) is 4.79 Å². The van der Waals surface area contributed by atoms with Crippen molar-refractivity contribution in [3.63, 3.8) is 0 Å². The van der Waals surface area contributed by atoms with Gasteiger partial charge in [-0.05, 0) is 17.2 Å². The molecule has 2 rings (SSSR count). The number of carbonyl (C=O) groups is 3. The predicted octanol–water partition coefficient (Wildman–Crippen LogP) is 1.08. The van der Waals surface area contributed by atoms with Crippen LogP contribution in [0.3, 0.4) is 0 Å².